The molecule has 1 aromatic heterocycles. The Kier molecular flexibility index (Phi) is 5.97. The standard InChI is InChI=1S/C16H29N5O/c1-12-15(13(2)19-18-12)6-5-7-17-16(22)10-14-11-20(3)8-9-21(14)4/h14H,5-11H2,1-4H3,(H,17,22)(H,18,19)/t14-/m1/s1. The summed E-state index contributed by atoms with van der Waals surface area (Å²) in [5, 5.41) is 10.3. The van der Waals surface area contributed by atoms with Gasteiger partial charge >= 0.3 is 0 Å². The second-order valence-corrected chi connectivity index (χ2v) is 6.47. The number of rotatable bonds is 6. The van der Waals surface area contributed by atoms with Crippen LogP contribution in [0.15, 0.2) is 0 Å². The van der Waals surface area contributed by atoms with Gasteiger partial charge in [-0.2, -0.15) is 5.10 Å². The Balaban J connectivity index is 1.67. The number of aromatic amines is 1. The number of carbonyl (C=O) groups is 1. The lowest BCUT2D eigenvalue weighted by molar-refractivity contribution is -0.122. The number of nitrogens with one attached hydrogen (secondary N) is 2. The lowest BCUT2D eigenvalue weighted by atomic mass is 10.1. The summed E-state index contributed by atoms with van der Waals surface area (Å²) in [5.74, 6) is 0.160. The zero-order valence-corrected chi connectivity index (χ0v) is 14.3. The van der Waals surface area contributed by atoms with Gasteiger partial charge in [0, 0.05) is 44.3 Å². The molecule has 6 heteroatoms. The number of H-pyrrole nitrogens is 1. The van der Waals surface area contributed by atoms with Crippen LogP contribution in [0.3, 0.4) is 0 Å². The van der Waals surface area contributed by atoms with Crippen LogP contribution in [0.4, 0.5) is 0 Å². The first-order valence-electron chi connectivity index (χ1n) is 8.13. The van der Waals surface area contributed by atoms with Crippen LogP contribution in [0.5, 0.6) is 0 Å². The van der Waals surface area contributed by atoms with Gasteiger partial charge < -0.3 is 15.1 Å². The molecule has 1 atom stereocenters. The number of aryl methyl sites for hydroxylation is 2. The van der Waals surface area contributed by atoms with Crippen LogP contribution in [0, 0.1) is 13.8 Å². The van der Waals surface area contributed by atoms with Gasteiger partial charge in [0.15, 0.2) is 0 Å². The maximum Gasteiger partial charge on any atom is 0.221 e. The quantitative estimate of drug-likeness (QED) is 0.760. The maximum atomic E-state index is 12.1. The van der Waals surface area contributed by atoms with Crippen molar-refractivity contribution in [2.24, 2.45) is 0 Å². The van der Waals surface area contributed by atoms with Gasteiger partial charge in [-0.25, -0.2) is 0 Å². The molecule has 1 saturated heterocycles. The lowest BCUT2D eigenvalue weighted by Crippen LogP contribution is -2.51. The SMILES string of the molecule is Cc1n[nH]c(C)c1CCCNC(=O)C[C@@H]1CN(C)CCN1C. The molecule has 0 saturated carbocycles. The first-order valence-corrected chi connectivity index (χ1v) is 8.13. The highest BCUT2D eigenvalue weighted by atomic mass is 16.1. The fraction of sp³-hybridized carbons (Fsp3) is 0.750. The van der Waals surface area contributed by atoms with Crippen LogP contribution >= 0.6 is 0 Å². The summed E-state index contributed by atoms with van der Waals surface area (Å²) in [7, 11) is 4.23. The summed E-state index contributed by atoms with van der Waals surface area (Å²) in [6.45, 7) is 7.88. The molecule has 2 heterocycles. The summed E-state index contributed by atoms with van der Waals surface area (Å²) >= 11 is 0. The van der Waals surface area contributed by atoms with E-state index in [0.717, 1.165) is 50.4 Å². The highest BCUT2D eigenvalue weighted by Gasteiger charge is 2.24. The third-order valence-electron chi connectivity index (χ3n) is 4.61. The topological polar surface area (TPSA) is 64.3 Å². The second-order valence-electron chi connectivity index (χ2n) is 6.47. The zero-order chi connectivity index (χ0) is 16.1. The zero-order valence-electron chi connectivity index (χ0n) is 14.3. The van der Waals surface area contributed by atoms with Crippen molar-refractivity contribution in [3.63, 3.8) is 0 Å². The van der Waals surface area contributed by atoms with E-state index < -0.39 is 0 Å². The summed E-state index contributed by atoms with van der Waals surface area (Å²) in [6.07, 6.45) is 2.50. The van der Waals surface area contributed by atoms with Crippen molar-refractivity contribution in [2.75, 3.05) is 40.3 Å². The van der Waals surface area contributed by atoms with Crippen molar-refractivity contribution in [1.29, 1.82) is 0 Å². The van der Waals surface area contributed by atoms with Crippen molar-refractivity contribution in [2.45, 2.75) is 39.2 Å². The number of amides is 1. The largest absolute Gasteiger partial charge is 0.356 e. The van der Waals surface area contributed by atoms with E-state index >= 15 is 0 Å². The average Bonchev–Trinajstić information content (AvgIpc) is 2.79. The molecule has 1 aliphatic rings. The Labute approximate surface area is 133 Å². The van der Waals surface area contributed by atoms with E-state index in [1.807, 2.05) is 13.8 Å². The van der Waals surface area contributed by atoms with Crippen LogP contribution in [0.1, 0.15) is 29.8 Å². The summed E-state index contributed by atoms with van der Waals surface area (Å²) in [6, 6.07) is 0.331. The maximum absolute atomic E-state index is 12.1. The minimum atomic E-state index is 0.160. The fourth-order valence-corrected chi connectivity index (χ4v) is 3.04. The monoisotopic (exact) mass is 307 g/mol. The molecule has 22 heavy (non-hydrogen) atoms. The van der Waals surface area contributed by atoms with Crippen LogP contribution in [0.25, 0.3) is 0 Å². The van der Waals surface area contributed by atoms with Gasteiger partial charge in [0.05, 0.1) is 5.69 Å². The Morgan fingerprint density at radius 1 is 1.36 bits per heavy atom. The van der Waals surface area contributed by atoms with Crippen molar-refractivity contribution in [1.82, 2.24) is 25.3 Å². The number of likely N-dealkylation sites (N-methyl/N-ethyl adjacent to an activating group) is 2. The highest BCUT2D eigenvalue weighted by Crippen LogP contribution is 2.12. The molecular weight excluding hydrogens is 278 g/mol. The van der Waals surface area contributed by atoms with Gasteiger partial charge in [-0.3, -0.25) is 9.89 Å². The first kappa shape index (κ1) is 17.0. The Morgan fingerprint density at radius 2 is 2.14 bits per heavy atom. The Bertz CT molecular complexity index is 479. The highest BCUT2D eigenvalue weighted by molar-refractivity contribution is 5.76. The minimum absolute atomic E-state index is 0.160. The van der Waals surface area contributed by atoms with Gasteiger partial charge in [0.1, 0.15) is 0 Å². The number of nitrogens with zero attached hydrogens (tertiary/aromatic N) is 3. The van der Waals surface area contributed by atoms with E-state index in [0.29, 0.717) is 12.5 Å². The summed E-state index contributed by atoms with van der Waals surface area (Å²) in [5.41, 5.74) is 3.48. The number of piperazine rings is 1. The van der Waals surface area contributed by atoms with Gasteiger partial charge in [-0.1, -0.05) is 0 Å². The molecule has 6 nitrogen and oxygen atoms in total. The van der Waals surface area contributed by atoms with E-state index in [9.17, 15) is 4.79 Å². The normalized spacial score (nSPS) is 20.3. The predicted molar refractivity (Wildman–Crippen MR) is 87.9 cm³/mol. The van der Waals surface area contributed by atoms with E-state index in [1.165, 1.54) is 5.56 Å². The third-order valence-corrected chi connectivity index (χ3v) is 4.61. The molecule has 0 spiro atoms. The Hall–Kier alpha value is -1.40. The molecule has 2 rings (SSSR count). The summed E-state index contributed by atoms with van der Waals surface area (Å²) < 4.78 is 0. The van der Waals surface area contributed by atoms with Gasteiger partial charge in [0.25, 0.3) is 0 Å². The van der Waals surface area contributed by atoms with E-state index in [-0.39, 0.29) is 5.91 Å². The molecule has 2 N–H and O–H groups in total. The van der Waals surface area contributed by atoms with Crippen LogP contribution in [0.2, 0.25) is 0 Å². The van der Waals surface area contributed by atoms with E-state index in [1.54, 1.807) is 0 Å². The summed E-state index contributed by atoms with van der Waals surface area (Å²) in [4.78, 5) is 16.7. The first-order chi connectivity index (χ1) is 10.5. The van der Waals surface area contributed by atoms with Crippen LogP contribution < -0.4 is 5.32 Å². The molecule has 1 fully saturated rings. The minimum Gasteiger partial charge on any atom is -0.356 e. The number of hydrogen-bond acceptors (Lipinski definition) is 4. The molecule has 0 unspecified atom stereocenters. The van der Waals surface area contributed by atoms with Gasteiger partial charge in [-0.15, -0.1) is 0 Å². The second kappa shape index (κ2) is 7.74. The Morgan fingerprint density at radius 3 is 2.82 bits per heavy atom. The lowest BCUT2D eigenvalue weighted by Gasteiger charge is -2.37. The molecule has 0 radical (unpaired) electrons. The van der Waals surface area contributed by atoms with Crippen molar-refractivity contribution in [3.8, 4) is 0 Å². The fourth-order valence-electron chi connectivity index (χ4n) is 3.04. The van der Waals surface area contributed by atoms with E-state index in [4.69, 9.17) is 0 Å². The average molecular weight is 307 g/mol. The molecule has 0 aliphatic carbocycles. The van der Waals surface area contributed by atoms with Crippen LogP contribution in [-0.2, 0) is 11.2 Å². The third kappa shape index (κ3) is 4.55. The molecule has 1 aromatic rings. The van der Waals surface area contributed by atoms with Crippen molar-refractivity contribution >= 4 is 5.91 Å². The molecule has 1 aliphatic heterocycles. The molecular formula is C16H29N5O. The molecule has 0 aromatic carbocycles. The van der Waals surface area contributed by atoms with Crippen molar-refractivity contribution in [3.05, 3.63) is 17.0 Å². The molecule has 0 bridgehead atoms. The number of hydrogen-bond donors (Lipinski definition) is 2. The smallest absolute Gasteiger partial charge is 0.221 e. The van der Waals surface area contributed by atoms with E-state index in [2.05, 4.69) is 39.4 Å². The number of aromatic nitrogens is 2. The van der Waals surface area contributed by atoms with Crippen LogP contribution in [-0.4, -0.2) is 72.2 Å². The number of carbonyl (C=O) groups excluding carboxylic acids is 1. The van der Waals surface area contributed by atoms with Gasteiger partial charge in [0.2, 0.25) is 5.91 Å². The molecule has 124 valence electrons. The predicted octanol–water partition coefficient (Wildman–Crippen LogP) is 0.711. The molecule has 1 amide bonds. The van der Waals surface area contributed by atoms with Crippen molar-refractivity contribution < 1.29 is 4.79 Å². The van der Waals surface area contributed by atoms with Gasteiger partial charge in [-0.05, 0) is 46.3 Å².